The lowest BCUT2D eigenvalue weighted by Gasteiger charge is -2.13. The maximum Gasteiger partial charge on any atom is 0.265 e. The van der Waals surface area contributed by atoms with Crippen molar-refractivity contribution < 1.29 is 8.42 Å². The van der Waals surface area contributed by atoms with E-state index in [0.29, 0.717) is 23.1 Å². The van der Waals surface area contributed by atoms with Crippen LogP contribution in [0.1, 0.15) is 37.1 Å². The van der Waals surface area contributed by atoms with Gasteiger partial charge in [0.2, 0.25) is 0 Å². The van der Waals surface area contributed by atoms with Gasteiger partial charge in [0.05, 0.1) is 23.3 Å². The molecular formula is C15H21N5O2S. The van der Waals surface area contributed by atoms with Crippen LogP contribution in [0.5, 0.6) is 0 Å². The van der Waals surface area contributed by atoms with Gasteiger partial charge in [-0.15, -0.1) is 0 Å². The normalized spacial score (nSPS) is 15.7. The lowest BCUT2D eigenvalue weighted by Crippen LogP contribution is -2.16. The number of hydrogen-bond acceptors (Lipinski definition) is 5. The number of nitrogens with one attached hydrogen (secondary N) is 3. The quantitative estimate of drug-likeness (QED) is 0.780. The molecule has 1 saturated carbocycles. The maximum atomic E-state index is 12.5. The first-order valence-electron chi connectivity index (χ1n) is 7.73. The molecule has 0 atom stereocenters. The Hall–Kier alpha value is -2.09. The van der Waals surface area contributed by atoms with E-state index >= 15 is 0 Å². The smallest absolute Gasteiger partial charge is 0.265 e. The molecule has 1 fully saturated rings. The summed E-state index contributed by atoms with van der Waals surface area (Å²) in [5.41, 5.74) is 1.40. The summed E-state index contributed by atoms with van der Waals surface area (Å²) in [6, 6.07) is 3.99. The highest BCUT2D eigenvalue weighted by molar-refractivity contribution is 7.92. The summed E-state index contributed by atoms with van der Waals surface area (Å²) in [6.07, 6.45) is 6.35. The van der Waals surface area contributed by atoms with Gasteiger partial charge in [0.15, 0.2) is 0 Å². The van der Waals surface area contributed by atoms with Crippen LogP contribution in [0.3, 0.4) is 0 Å². The number of pyridine rings is 1. The van der Waals surface area contributed by atoms with Crippen LogP contribution in [0.25, 0.3) is 0 Å². The summed E-state index contributed by atoms with van der Waals surface area (Å²) in [7, 11) is -3.67. The summed E-state index contributed by atoms with van der Waals surface area (Å²) >= 11 is 0. The predicted molar refractivity (Wildman–Crippen MR) is 89.0 cm³/mol. The van der Waals surface area contributed by atoms with Gasteiger partial charge in [0, 0.05) is 6.04 Å². The van der Waals surface area contributed by atoms with Crippen molar-refractivity contribution in [2.45, 2.75) is 50.5 Å². The number of H-pyrrole nitrogens is 1. The molecule has 8 heteroatoms. The van der Waals surface area contributed by atoms with Gasteiger partial charge in [-0.25, -0.2) is 13.4 Å². The van der Waals surface area contributed by atoms with Crippen LogP contribution in [-0.4, -0.2) is 29.6 Å². The molecule has 0 bridgehead atoms. The number of aromatic nitrogens is 3. The second-order valence-corrected chi connectivity index (χ2v) is 7.55. The predicted octanol–water partition coefficient (Wildman–Crippen LogP) is 2.58. The number of rotatable bonds is 5. The lowest BCUT2D eigenvalue weighted by molar-refractivity contribution is 0.600. The number of sulfonamides is 1. The second kappa shape index (κ2) is 6.19. The Balaban J connectivity index is 1.72. The maximum absolute atomic E-state index is 12.5. The molecule has 0 saturated heterocycles. The van der Waals surface area contributed by atoms with Crippen LogP contribution in [0.4, 0.5) is 11.5 Å². The summed E-state index contributed by atoms with van der Waals surface area (Å²) in [4.78, 5) is 4.48. The third kappa shape index (κ3) is 3.47. The SMILES string of the molecule is Cc1n[nH]c(C)c1S(=O)(=O)Nc1ccc(NC2CCCC2)nc1. The third-order valence-electron chi connectivity index (χ3n) is 4.05. The molecule has 7 nitrogen and oxygen atoms in total. The molecule has 0 aliphatic heterocycles. The second-order valence-electron chi connectivity index (χ2n) is 5.93. The molecule has 1 aliphatic rings. The standard InChI is InChI=1S/C15H21N5O2S/c1-10-15(11(2)19-18-10)23(21,22)20-13-7-8-14(16-9-13)17-12-5-3-4-6-12/h7-9,12,20H,3-6H2,1-2H3,(H,16,17)(H,18,19). The van der Waals surface area contributed by atoms with E-state index in [1.54, 1.807) is 26.0 Å². The molecule has 0 spiro atoms. The lowest BCUT2D eigenvalue weighted by atomic mass is 10.2. The first-order valence-corrected chi connectivity index (χ1v) is 9.21. The molecule has 0 amide bonds. The van der Waals surface area contributed by atoms with Crippen molar-refractivity contribution >= 4 is 21.5 Å². The molecular weight excluding hydrogens is 314 g/mol. The van der Waals surface area contributed by atoms with Gasteiger partial charge in [0.25, 0.3) is 10.0 Å². The van der Waals surface area contributed by atoms with Crippen LogP contribution >= 0.6 is 0 Å². The minimum atomic E-state index is -3.67. The molecule has 124 valence electrons. The van der Waals surface area contributed by atoms with Crippen LogP contribution < -0.4 is 10.0 Å². The van der Waals surface area contributed by atoms with Gasteiger partial charge in [-0.05, 0) is 38.8 Å². The molecule has 2 aromatic heterocycles. The van der Waals surface area contributed by atoms with E-state index in [0.717, 1.165) is 18.7 Å². The van der Waals surface area contributed by atoms with Crippen LogP contribution in [0, 0.1) is 13.8 Å². The zero-order valence-corrected chi connectivity index (χ0v) is 14.1. The largest absolute Gasteiger partial charge is 0.367 e. The van der Waals surface area contributed by atoms with Gasteiger partial charge in [-0.2, -0.15) is 5.10 Å². The van der Waals surface area contributed by atoms with Crippen LogP contribution in [-0.2, 0) is 10.0 Å². The first-order chi connectivity index (χ1) is 11.0. The van der Waals surface area contributed by atoms with E-state index in [1.165, 1.54) is 19.0 Å². The van der Waals surface area contributed by atoms with Crippen LogP contribution in [0.2, 0.25) is 0 Å². The summed E-state index contributed by atoms with van der Waals surface area (Å²) in [5.74, 6) is 0.774. The van der Waals surface area contributed by atoms with Gasteiger partial charge in [0.1, 0.15) is 10.7 Å². The number of aromatic amines is 1. The van der Waals surface area contributed by atoms with Gasteiger partial charge < -0.3 is 5.32 Å². The average Bonchev–Trinajstić information content (AvgIpc) is 3.11. The Labute approximate surface area is 136 Å². The van der Waals surface area contributed by atoms with E-state index in [4.69, 9.17) is 0 Å². The average molecular weight is 335 g/mol. The summed E-state index contributed by atoms with van der Waals surface area (Å²) in [5, 5.41) is 9.98. The van der Waals surface area contributed by atoms with Crippen molar-refractivity contribution in [2.75, 3.05) is 10.0 Å². The van der Waals surface area contributed by atoms with Gasteiger partial charge in [-0.3, -0.25) is 9.82 Å². The van der Waals surface area contributed by atoms with E-state index < -0.39 is 10.0 Å². The Bertz CT molecular complexity index is 757. The molecule has 23 heavy (non-hydrogen) atoms. The Morgan fingerprint density at radius 2 is 1.96 bits per heavy atom. The minimum Gasteiger partial charge on any atom is -0.367 e. The highest BCUT2D eigenvalue weighted by atomic mass is 32.2. The number of aryl methyl sites for hydroxylation is 2. The Morgan fingerprint density at radius 3 is 2.52 bits per heavy atom. The van der Waals surface area contributed by atoms with Gasteiger partial charge >= 0.3 is 0 Å². The molecule has 0 aromatic carbocycles. The van der Waals surface area contributed by atoms with Crippen molar-refractivity contribution in [1.82, 2.24) is 15.2 Å². The van der Waals surface area contributed by atoms with Crippen molar-refractivity contribution in [1.29, 1.82) is 0 Å². The van der Waals surface area contributed by atoms with E-state index in [2.05, 4.69) is 25.2 Å². The minimum absolute atomic E-state index is 0.186. The van der Waals surface area contributed by atoms with Crippen LogP contribution in [0.15, 0.2) is 23.2 Å². The fourth-order valence-electron chi connectivity index (χ4n) is 2.96. The fraction of sp³-hybridized carbons (Fsp3) is 0.467. The van der Waals surface area contributed by atoms with E-state index in [9.17, 15) is 8.42 Å². The molecule has 0 radical (unpaired) electrons. The van der Waals surface area contributed by atoms with E-state index in [-0.39, 0.29) is 4.90 Å². The molecule has 1 aliphatic carbocycles. The molecule has 2 heterocycles. The monoisotopic (exact) mass is 335 g/mol. The Morgan fingerprint density at radius 1 is 1.22 bits per heavy atom. The van der Waals surface area contributed by atoms with Crippen molar-refractivity contribution in [3.63, 3.8) is 0 Å². The van der Waals surface area contributed by atoms with Gasteiger partial charge in [-0.1, -0.05) is 12.8 Å². The zero-order chi connectivity index (χ0) is 16.4. The van der Waals surface area contributed by atoms with Crippen molar-refractivity contribution in [3.05, 3.63) is 29.7 Å². The highest BCUT2D eigenvalue weighted by Gasteiger charge is 2.22. The summed E-state index contributed by atoms with van der Waals surface area (Å²) in [6.45, 7) is 3.34. The first kappa shape index (κ1) is 15.8. The zero-order valence-electron chi connectivity index (χ0n) is 13.3. The van der Waals surface area contributed by atoms with Crippen molar-refractivity contribution in [3.8, 4) is 0 Å². The molecule has 2 aromatic rings. The molecule has 3 N–H and O–H groups in total. The highest BCUT2D eigenvalue weighted by Crippen LogP contribution is 2.23. The fourth-order valence-corrected chi connectivity index (χ4v) is 4.38. The van der Waals surface area contributed by atoms with Crippen molar-refractivity contribution in [2.24, 2.45) is 0 Å². The number of anilines is 2. The summed E-state index contributed by atoms with van der Waals surface area (Å²) < 4.78 is 27.5. The topological polar surface area (TPSA) is 99.8 Å². The molecule has 3 rings (SSSR count). The Kier molecular flexibility index (Phi) is 4.25. The molecule has 0 unspecified atom stereocenters. The third-order valence-corrected chi connectivity index (χ3v) is 5.70. The number of hydrogen-bond donors (Lipinski definition) is 3. The van der Waals surface area contributed by atoms with E-state index in [1.807, 2.05) is 0 Å². The number of nitrogens with zero attached hydrogens (tertiary/aromatic N) is 2.